The van der Waals surface area contributed by atoms with Crippen LogP contribution in [-0.4, -0.2) is 24.3 Å². The lowest BCUT2D eigenvalue weighted by Crippen LogP contribution is -2.29. The summed E-state index contributed by atoms with van der Waals surface area (Å²) in [6.45, 7) is 2.13. The lowest BCUT2D eigenvalue weighted by atomic mass is 10.0. The van der Waals surface area contributed by atoms with Gasteiger partial charge in [0, 0.05) is 17.1 Å². The van der Waals surface area contributed by atoms with E-state index in [-0.39, 0.29) is 12.1 Å². The van der Waals surface area contributed by atoms with Crippen LogP contribution >= 0.6 is 23.6 Å². The number of nitrogens with one attached hydrogen (secondary N) is 1. The number of methoxy groups -OCH3 is 2. The number of benzene rings is 1. The molecule has 1 N–H and O–H groups in total. The van der Waals surface area contributed by atoms with Gasteiger partial charge in [0.05, 0.1) is 37.7 Å². The number of aryl methyl sites for hydroxylation is 1. The fourth-order valence-corrected chi connectivity index (χ4v) is 4.95. The Morgan fingerprint density at radius 3 is 2.64 bits per heavy atom. The smallest absolute Gasteiger partial charge is 0.174 e. The first-order valence-corrected chi connectivity index (χ1v) is 10.2. The minimum Gasteiger partial charge on any atom is -0.497 e. The standard InChI is InChI=1S/C21H21N3O2S2/c1-13-9-11-28-20(13)19-18(15-6-4-5-10-22-15)23-21(27)24(19)16-12-14(25-2)7-8-17(16)26-3/h4-12,18-19H,1-3H3,(H,23,27)/t18-,19-/m1/s1. The first-order chi connectivity index (χ1) is 13.6. The predicted octanol–water partition coefficient (Wildman–Crippen LogP) is 4.65. The van der Waals surface area contributed by atoms with E-state index in [9.17, 15) is 0 Å². The largest absolute Gasteiger partial charge is 0.497 e. The summed E-state index contributed by atoms with van der Waals surface area (Å²) < 4.78 is 11.1. The van der Waals surface area contributed by atoms with Crippen LogP contribution in [0, 0.1) is 6.92 Å². The van der Waals surface area contributed by atoms with Gasteiger partial charge in [-0.05, 0) is 60.4 Å². The predicted molar refractivity (Wildman–Crippen MR) is 117 cm³/mol. The third-order valence-corrected chi connectivity index (χ3v) is 6.32. The molecule has 1 fully saturated rings. The molecule has 0 unspecified atom stereocenters. The van der Waals surface area contributed by atoms with Crippen LogP contribution in [0.4, 0.5) is 5.69 Å². The van der Waals surface area contributed by atoms with Gasteiger partial charge in [0.1, 0.15) is 11.5 Å². The Morgan fingerprint density at radius 2 is 2.00 bits per heavy atom. The molecule has 0 spiro atoms. The van der Waals surface area contributed by atoms with Crippen molar-refractivity contribution in [3.8, 4) is 11.5 Å². The van der Waals surface area contributed by atoms with Crippen molar-refractivity contribution in [1.82, 2.24) is 10.3 Å². The Bertz CT molecular complexity index is 990. The molecule has 1 saturated heterocycles. The molecule has 0 saturated carbocycles. The molecule has 0 bridgehead atoms. The fraction of sp³-hybridized carbons (Fsp3) is 0.238. The molecule has 1 aromatic carbocycles. The second-order valence-electron chi connectivity index (χ2n) is 6.50. The molecule has 7 heteroatoms. The number of aromatic nitrogens is 1. The monoisotopic (exact) mass is 411 g/mol. The second-order valence-corrected chi connectivity index (χ2v) is 7.84. The van der Waals surface area contributed by atoms with E-state index >= 15 is 0 Å². The Morgan fingerprint density at radius 1 is 1.14 bits per heavy atom. The Kier molecular flexibility index (Phi) is 5.19. The molecule has 0 amide bonds. The van der Waals surface area contributed by atoms with Crippen LogP contribution in [0.25, 0.3) is 0 Å². The maximum absolute atomic E-state index is 5.78. The number of rotatable bonds is 5. The first-order valence-electron chi connectivity index (χ1n) is 8.90. The van der Waals surface area contributed by atoms with E-state index < -0.39 is 0 Å². The van der Waals surface area contributed by atoms with Gasteiger partial charge in [-0.2, -0.15) is 0 Å². The summed E-state index contributed by atoms with van der Waals surface area (Å²) in [6.07, 6.45) is 1.81. The van der Waals surface area contributed by atoms with Crippen LogP contribution in [0.5, 0.6) is 11.5 Å². The normalized spacial score (nSPS) is 18.8. The van der Waals surface area contributed by atoms with Crippen LogP contribution in [0.15, 0.2) is 54.0 Å². The van der Waals surface area contributed by atoms with E-state index in [2.05, 4.69) is 33.6 Å². The molecule has 144 valence electrons. The van der Waals surface area contributed by atoms with E-state index in [1.54, 1.807) is 25.6 Å². The van der Waals surface area contributed by atoms with Gasteiger partial charge in [0.15, 0.2) is 5.11 Å². The van der Waals surface area contributed by atoms with Gasteiger partial charge >= 0.3 is 0 Å². The van der Waals surface area contributed by atoms with Gasteiger partial charge in [-0.25, -0.2) is 0 Å². The van der Waals surface area contributed by atoms with Crippen LogP contribution < -0.4 is 19.7 Å². The zero-order valence-electron chi connectivity index (χ0n) is 15.9. The van der Waals surface area contributed by atoms with Gasteiger partial charge in [0.25, 0.3) is 0 Å². The SMILES string of the molecule is COc1ccc(OC)c(N2C(=S)N[C@H](c3ccccn3)[C@@H]2c2sccc2C)c1. The van der Waals surface area contributed by atoms with Crippen molar-refractivity contribution < 1.29 is 9.47 Å². The summed E-state index contributed by atoms with van der Waals surface area (Å²) in [7, 11) is 3.32. The zero-order valence-corrected chi connectivity index (χ0v) is 17.5. The molecule has 1 aliphatic heterocycles. The number of thiophene rings is 1. The molecule has 0 aliphatic carbocycles. The molecular weight excluding hydrogens is 390 g/mol. The fourth-order valence-electron chi connectivity index (χ4n) is 3.55. The second kappa shape index (κ2) is 7.77. The van der Waals surface area contributed by atoms with Crippen LogP contribution in [0.1, 0.15) is 28.2 Å². The summed E-state index contributed by atoms with van der Waals surface area (Å²) in [5, 5.41) is 6.23. The summed E-state index contributed by atoms with van der Waals surface area (Å²) in [6, 6.07) is 13.7. The number of thiocarbonyl (C=S) groups is 1. The molecule has 1 aliphatic rings. The van der Waals surface area contributed by atoms with Crippen LogP contribution in [0.2, 0.25) is 0 Å². The van der Waals surface area contributed by atoms with E-state index in [0.717, 1.165) is 22.9 Å². The minimum absolute atomic E-state index is 0.0385. The maximum atomic E-state index is 5.78. The van der Waals surface area contributed by atoms with Crippen molar-refractivity contribution in [2.45, 2.75) is 19.0 Å². The zero-order chi connectivity index (χ0) is 19.7. The quantitative estimate of drug-likeness (QED) is 0.617. The molecule has 0 radical (unpaired) electrons. The van der Waals surface area contributed by atoms with Crippen molar-refractivity contribution in [3.63, 3.8) is 0 Å². The molecule has 28 heavy (non-hydrogen) atoms. The van der Waals surface area contributed by atoms with E-state index in [4.69, 9.17) is 21.7 Å². The Hall–Kier alpha value is -2.64. The minimum atomic E-state index is -0.0676. The topological polar surface area (TPSA) is 46.6 Å². The van der Waals surface area contributed by atoms with Gasteiger partial charge in [-0.3, -0.25) is 4.98 Å². The molecule has 4 rings (SSSR count). The van der Waals surface area contributed by atoms with E-state index in [1.165, 1.54) is 10.4 Å². The van der Waals surface area contributed by atoms with Crippen LogP contribution in [-0.2, 0) is 0 Å². The lowest BCUT2D eigenvalue weighted by molar-refractivity contribution is 0.403. The molecular formula is C21H21N3O2S2. The molecule has 2 atom stereocenters. The van der Waals surface area contributed by atoms with Gasteiger partial charge < -0.3 is 19.7 Å². The number of pyridine rings is 1. The third kappa shape index (κ3) is 3.21. The summed E-state index contributed by atoms with van der Waals surface area (Å²) in [4.78, 5) is 7.95. The number of hydrogen-bond acceptors (Lipinski definition) is 5. The van der Waals surface area contributed by atoms with E-state index in [1.807, 2.05) is 42.6 Å². The highest BCUT2D eigenvalue weighted by molar-refractivity contribution is 7.80. The van der Waals surface area contributed by atoms with Gasteiger partial charge in [-0.1, -0.05) is 6.07 Å². The van der Waals surface area contributed by atoms with Gasteiger partial charge in [0.2, 0.25) is 0 Å². The van der Waals surface area contributed by atoms with Crippen LogP contribution in [0.3, 0.4) is 0 Å². The van der Waals surface area contributed by atoms with E-state index in [0.29, 0.717) is 5.11 Å². The van der Waals surface area contributed by atoms with Crippen molar-refractivity contribution in [1.29, 1.82) is 0 Å². The highest BCUT2D eigenvalue weighted by atomic mass is 32.1. The lowest BCUT2D eigenvalue weighted by Gasteiger charge is -2.29. The van der Waals surface area contributed by atoms with Crippen molar-refractivity contribution in [3.05, 3.63) is 70.2 Å². The molecule has 2 aromatic heterocycles. The number of nitrogens with zero attached hydrogens (tertiary/aromatic N) is 2. The highest BCUT2D eigenvalue weighted by Crippen LogP contribution is 2.47. The molecule has 3 heterocycles. The number of hydrogen-bond donors (Lipinski definition) is 1. The Balaban J connectivity index is 1.88. The average Bonchev–Trinajstić information content (AvgIpc) is 3.30. The van der Waals surface area contributed by atoms with Crippen molar-refractivity contribution in [2.75, 3.05) is 19.1 Å². The first kappa shape index (κ1) is 18.7. The summed E-state index contributed by atoms with van der Waals surface area (Å²) >= 11 is 7.50. The summed E-state index contributed by atoms with van der Waals surface area (Å²) in [5.41, 5.74) is 3.05. The Labute approximate surface area is 173 Å². The molecule has 3 aromatic rings. The number of anilines is 1. The number of ether oxygens (including phenoxy) is 2. The maximum Gasteiger partial charge on any atom is 0.174 e. The third-order valence-electron chi connectivity index (χ3n) is 4.91. The molecule has 5 nitrogen and oxygen atoms in total. The average molecular weight is 412 g/mol. The van der Waals surface area contributed by atoms with Crippen molar-refractivity contribution >= 4 is 34.4 Å². The van der Waals surface area contributed by atoms with Gasteiger partial charge in [-0.15, -0.1) is 11.3 Å². The summed E-state index contributed by atoms with van der Waals surface area (Å²) in [5.74, 6) is 1.49. The van der Waals surface area contributed by atoms with Crippen molar-refractivity contribution in [2.24, 2.45) is 0 Å². The highest BCUT2D eigenvalue weighted by Gasteiger charge is 2.43.